The van der Waals surface area contributed by atoms with Crippen molar-refractivity contribution < 1.29 is 24.5 Å². The largest absolute Gasteiger partial charge is 0.481 e. The molecule has 0 spiro atoms. The standard InChI is InChI=1S/C17H20ClNO5/c18-14-5-10(1-4-15(14)24-9-16(20)21)6-19-7-12(11-2-3-11)13(8-19)17(22)23/h1,4-5,11-13H,2-3,6-9H2,(H,20,21)(H,22,23)/t12-,13+/m0/s1. The molecule has 1 saturated heterocycles. The minimum Gasteiger partial charge on any atom is -0.481 e. The molecule has 0 bridgehead atoms. The number of carboxylic acids is 2. The van der Waals surface area contributed by atoms with E-state index in [0.717, 1.165) is 24.9 Å². The second-order valence-corrected chi connectivity index (χ2v) is 6.99. The number of halogens is 1. The molecule has 1 aromatic rings. The van der Waals surface area contributed by atoms with E-state index < -0.39 is 18.5 Å². The molecule has 2 aliphatic rings. The summed E-state index contributed by atoms with van der Waals surface area (Å²) in [4.78, 5) is 24.1. The molecule has 1 aliphatic carbocycles. The van der Waals surface area contributed by atoms with Gasteiger partial charge in [0.2, 0.25) is 0 Å². The van der Waals surface area contributed by atoms with Crippen LogP contribution in [0.15, 0.2) is 18.2 Å². The van der Waals surface area contributed by atoms with Gasteiger partial charge >= 0.3 is 11.9 Å². The number of hydrogen-bond donors (Lipinski definition) is 2. The van der Waals surface area contributed by atoms with E-state index in [1.54, 1.807) is 12.1 Å². The molecule has 1 aromatic carbocycles. The van der Waals surface area contributed by atoms with Crippen LogP contribution in [-0.2, 0) is 16.1 Å². The number of hydrogen-bond acceptors (Lipinski definition) is 4. The van der Waals surface area contributed by atoms with Gasteiger partial charge in [0.15, 0.2) is 6.61 Å². The van der Waals surface area contributed by atoms with Crippen LogP contribution in [-0.4, -0.2) is 46.7 Å². The van der Waals surface area contributed by atoms with E-state index in [1.165, 1.54) is 0 Å². The maximum absolute atomic E-state index is 11.5. The summed E-state index contributed by atoms with van der Waals surface area (Å²) in [7, 11) is 0. The Morgan fingerprint density at radius 1 is 1.25 bits per heavy atom. The van der Waals surface area contributed by atoms with Crippen molar-refractivity contribution >= 4 is 23.5 Å². The molecule has 0 aromatic heterocycles. The van der Waals surface area contributed by atoms with E-state index in [9.17, 15) is 14.7 Å². The average molecular weight is 354 g/mol. The Bertz CT molecular complexity index is 646. The fraction of sp³-hybridized carbons (Fsp3) is 0.529. The zero-order valence-corrected chi connectivity index (χ0v) is 13.9. The Labute approximate surface area is 145 Å². The number of rotatable bonds is 7. The summed E-state index contributed by atoms with van der Waals surface area (Å²) in [5.41, 5.74) is 0.961. The second-order valence-electron chi connectivity index (χ2n) is 6.59. The minimum absolute atomic E-state index is 0.246. The lowest BCUT2D eigenvalue weighted by atomic mass is 9.92. The summed E-state index contributed by atoms with van der Waals surface area (Å²) in [6.45, 7) is 1.56. The van der Waals surface area contributed by atoms with E-state index in [0.29, 0.717) is 29.8 Å². The van der Waals surface area contributed by atoms with Crippen LogP contribution in [0, 0.1) is 17.8 Å². The van der Waals surface area contributed by atoms with E-state index in [-0.39, 0.29) is 11.8 Å². The first-order valence-corrected chi connectivity index (χ1v) is 8.40. The van der Waals surface area contributed by atoms with Crippen molar-refractivity contribution in [2.75, 3.05) is 19.7 Å². The van der Waals surface area contributed by atoms with Crippen LogP contribution < -0.4 is 4.74 Å². The molecule has 2 N–H and O–H groups in total. The van der Waals surface area contributed by atoms with Gasteiger partial charge in [0.25, 0.3) is 0 Å². The van der Waals surface area contributed by atoms with Gasteiger partial charge in [-0.05, 0) is 42.4 Å². The monoisotopic (exact) mass is 353 g/mol. The third kappa shape index (κ3) is 3.99. The molecule has 0 radical (unpaired) electrons. The smallest absolute Gasteiger partial charge is 0.341 e. The van der Waals surface area contributed by atoms with Gasteiger partial charge < -0.3 is 14.9 Å². The van der Waals surface area contributed by atoms with Gasteiger partial charge in [-0.15, -0.1) is 0 Å². The molecular weight excluding hydrogens is 334 g/mol. The van der Waals surface area contributed by atoms with Gasteiger partial charge in [-0.1, -0.05) is 17.7 Å². The van der Waals surface area contributed by atoms with Gasteiger partial charge in [0, 0.05) is 19.6 Å². The number of carboxylic acid groups (broad SMARTS) is 2. The van der Waals surface area contributed by atoms with Crippen molar-refractivity contribution in [2.45, 2.75) is 19.4 Å². The molecule has 2 atom stereocenters. The molecule has 6 nitrogen and oxygen atoms in total. The van der Waals surface area contributed by atoms with Gasteiger partial charge in [-0.25, -0.2) is 4.79 Å². The van der Waals surface area contributed by atoms with Crippen LogP contribution in [0.2, 0.25) is 5.02 Å². The number of aliphatic carboxylic acids is 2. The summed E-state index contributed by atoms with van der Waals surface area (Å²) in [5, 5.41) is 18.4. The Balaban J connectivity index is 1.62. The molecule has 1 aliphatic heterocycles. The highest BCUT2D eigenvalue weighted by Crippen LogP contribution is 2.44. The third-order valence-corrected chi connectivity index (χ3v) is 5.03. The molecule has 24 heavy (non-hydrogen) atoms. The SMILES string of the molecule is O=C(O)COc1ccc(CN2C[C@@H](C(=O)O)[C@H](C3CC3)C2)cc1Cl. The van der Waals surface area contributed by atoms with Gasteiger partial charge in [0.1, 0.15) is 5.75 Å². The van der Waals surface area contributed by atoms with Crippen molar-refractivity contribution in [1.29, 1.82) is 0 Å². The van der Waals surface area contributed by atoms with Crippen LogP contribution >= 0.6 is 11.6 Å². The zero-order chi connectivity index (χ0) is 17.3. The highest BCUT2D eigenvalue weighted by molar-refractivity contribution is 6.32. The zero-order valence-electron chi connectivity index (χ0n) is 13.2. The van der Waals surface area contributed by atoms with Crippen molar-refractivity contribution in [1.82, 2.24) is 4.90 Å². The Morgan fingerprint density at radius 2 is 2.00 bits per heavy atom. The minimum atomic E-state index is -1.06. The fourth-order valence-electron chi connectivity index (χ4n) is 3.46. The first-order chi connectivity index (χ1) is 11.4. The molecule has 7 heteroatoms. The molecule has 3 rings (SSSR count). The molecule has 1 saturated carbocycles. The van der Waals surface area contributed by atoms with Crippen LogP contribution in [0.1, 0.15) is 18.4 Å². The highest BCUT2D eigenvalue weighted by atomic mass is 35.5. The quantitative estimate of drug-likeness (QED) is 0.782. The lowest BCUT2D eigenvalue weighted by Gasteiger charge is -2.16. The number of carbonyl (C=O) groups is 2. The summed E-state index contributed by atoms with van der Waals surface area (Å²) in [5.74, 6) is -0.903. The maximum Gasteiger partial charge on any atom is 0.341 e. The number of nitrogens with zero attached hydrogens (tertiary/aromatic N) is 1. The number of likely N-dealkylation sites (tertiary alicyclic amines) is 1. The van der Waals surface area contributed by atoms with Crippen molar-refractivity contribution in [3.8, 4) is 5.75 Å². The van der Waals surface area contributed by atoms with Crippen molar-refractivity contribution in [3.05, 3.63) is 28.8 Å². The van der Waals surface area contributed by atoms with E-state index in [1.807, 2.05) is 6.07 Å². The highest BCUT2D eigenvalue weighted by Gasteiger charge is 2.45. The van der Waals surface area contributed by atoms with Gasteiger partial charge in [-0.2, -0.15) is 0 Å². The van der Waals surface area contributed by atoms with Crippen molar-refractivity contribution in [2.24, 2.45) is 17.8 Å². The summed E-state index contributed by atoms with van der Waals surface area (Å²) >= 11 is 6.14. The van der Waals surface area contributed by atoms with E-state index in [2.05, 4.69) is 4.90 Å². The van der Waals surface area contributed by atoms with Gasteiger partial charge in [0.05, 0.1) is 10.9 Å². The Morgan fingerprint density at radius 3 is 2.58 bits per heavy atom. The van der Waals surface area contributed by atoms with Crippen LogP contribution in [0.4, 0.5) is 0 Å². The third-order valence-electron chi connectivity index (χ3n) is 4.74. The Hall–Kier alpha value is -1.79. The lowest BCUT2D eigenvalue weighted by Crippen LogP contribution is -2.24. The molecule has 130 valence electrons. The normalized spacial score (nSPS) is 24.0. The number of ether oxygens (including phenoxy) is 1. The molecule has 0 amide bonds. The van der Waals surface area contributed by atoms with Gasteiger partial charge in [-0.3, -0.25) is 9.69 Å². The fourth-order valence-corrected chi connectivity index (χ4v) is 3.72. The summed E-state index contributed by atoms with van der Waals surface area (Å²) in [6.07, 6.45) is 2.29. The maximum atomic E-state index is 11.5. The first-order valence-electron chi connectivity index (χ1n) is 8.02. The van der Waals surface area contributed by atoms with Crippen molar-refractivity contribution in [3.63, 3.8) is 0 Å². The summed E-state index contributed by atoms with van der Waals surface area (Å²) < 4.78 is 5.11. The molecule has 0 unspecified atom stereocenters. The average Bonchev–Trinajstić information content (AvgIpc) is 3.27. The Kier molecular flexibility index (Phi) is 4.96. The molecule has 2 fully saturated rings. The second kappa shape index (κ2) is 6.99. The molecular formula is C17H20ClNO5. The summed E-state index contributed by atoms with van der Waals surface area (Å²) in [6, 6.07) is 5.24. The first kappa shape index (κ1) is 17.0. The van der Waals surface area contributed by atoms with E-state index >= 15 is 0 Å². The van der Waals surface area contributed by atoms with Crippen LogP contribution in [0.3, 0.4) is 0 Å². The topological polar surface area (TPSA) is 87.1 Å². The predicted molar refractivity (Wildman–Crippen MR) is 87.2 cm³/mol. The lowest BCUT2D eigenvalue weighted by molar-refractivity contribution is -0.143. The van der Waals surface area contributed by atoms with Crippen LogP contribution in [0.5, 0.6) is 5.75 Å². The van der Waals surface area contributed by atoms with Crippen LogP contribution in [0.25, 0.3) is 0 Å². The molecule has 1 heterocycles. The van der Waals surface area contributed by atoms with E-state index in [4.69, 9.17) is 21.4 Å². The number of benzene rings is 1. The predicted octanol–water partition coefficient (Wildman–Crippen LogP) is 2.35.